The fourth-order valence-corrected chi connectivity index (χ4v) is 6.02. The van der Waals surface area contributed by atoms with Crippen molar-refractivity contribution in [1.82, 2.24) is 4.90 Å². The quantitative estimate of drug-likeness (QED) is 0.668. The van der Waals surface area contributed by atoms with E-state index in [1.165, 1.54) is 64.0 Å². The van der Waals surface area contributed by atoms with Crippen molar-refractivity contribution in [3.8, 4) is 0 Å². The summed E-state index contributed by atoms with van der Waals surface area (Å²) in [5, 5.41) is 0. The first-order valence-corrected chi connectivity index (χ1v) is 10.8. The van der Waals surface area contributed by atoms with Gasteiger partial charge in [-0.3, -0.25) is 4.90 Å². The van der Waals surface area contributed by atoms with E-state index in [9.17, 15) is 0 Å². The minimum atomic E-state index is 0.438. The van der Waals surface area contributed by atoms with Crippen molar-refractivity contribution in [2.45, 2.75) is 73.1 Å². The van der Waals surface area contributed by atoms with Gasteiger partial charge in [-0.15, -0.1) is 0 Å². The van der Waals surface area contributed by atoms with Crippen LogP contribution < -0.4 is 4.90 Å². The Labute approximate surface area is 162 Å². The topological polar surface area (TPSA) is 6.48 Å². The molecular weight excluding hydrogens is 316 g/mol. The maximum absolute atomic E-state index is 2.69. The van der Waals surface area contributed by atoms with Gasteiger partial charge >= 0.3 is 0 Å². The van der Waals surface area contributed by atoms with E-state index in [4.69, 9.17) is 0 Å². The van der Waals surface area contributed by atoms with E-state index in [-0.39, 0.29) is 0 Å². The molecule has 2 nitrogen and oxygen atoms in total. The van der Waals surface area contributed by atoms with Crippen LogP contribution in [0.1, 0.15) is 77.3 Å². The van der Waals surface area contributed by atoms with E-state index in [1.54, 1.807) is 11.3 Å². The van der Waals surface area contributed by atoms with Gasteiger partial charge < -0.3 is 4.90 Å². The zero-order valence-corrected chi connectivity index (χ0v) is 18.1. The number of piperazine rings is 1. The second-order valence-electron chi connectivity index (χ2n) is 10.5. The van der Waals surface area contributed by atoms with Crippen molar-refractivity contribution in [3.63, 3.8) is 0 Å². The molecule has 26 heavy (non-hydrogen) atoms. The summed E-state index contributed by atoms with van der Waals surface area (Å²) in [4.78, 5) is 5.31. The Balaban J connectivity index is 1.86. The maximum Gasteiger partial charge on any atom is 0.0432 e. The molecule has 1 heterocycles. The van der Waals surface area contributed by atoms with Gasteiger partial charge in [0, 0.05) is 31.9 Å². The fourth-order valence-electron chi connectivity index (χ4n) is 6.02. The number of rotatable bonds is 4. The van der Waals surface area contributed by atoms with Crippen LogP contribution in [0.4, 0.5) is 5.69 Å². The summed E-state index contributed by atoms with van der Waals surface area (Å²) in [6.45, 7) is 20.5. The Bertz CT molecular complexity index is 593. The van der Waals surface area contributed by atoms with Crippen LogP contribution in [0.3, 0.4) is 0 Å². The van der Waals surface area contributed by atoms with Crippen LogP contribution in [0, 0.1) is 17.8 Å². The average molecular weight is 357 g/mol. The number of nitrogens with zero attached hydrogens (tertiary/aromatic N) is 2. The molecule has 1 aliphatic heterocycles. The molecule has 0 N–H and O–H groups in total. The lowest BCUT2D eigenvalue weighted by Gasteiger charge is -2.46. The van der Waals surface area contributed by atoms with Crippen molar-refractivity contribution in [1.29, 1.82) is 0 Å². The molecule has 0 amide bonds. The highest BCUT2D eigenvalue weighted by Gasteiger charge is 2.40. The molecule has 1 saturated carbocycles. The van der Waals surface area contributed by atoms with Crippen molar-refractivity contribution in [2.75, 3.05) is 37.6 Å². The molecule has 0 spiro atoms. The molecule has 0 aromatic heterocycles. The summed E-state index contributed by atoms with van der Waals surface area (Å²) in [6.07, 6.45) is 5.25. The highest BCUT2D eigenvalue weighted by Crippen LogP contribution is 2.53. The number of benzene rings is 1. The first kappa shape index (κ1) is 19.7. The van der Waals surface area contributed by atoms with Crippen LogP contribution in [0.2, 0.25) is 0 Å². The van der Waals surface area contributed by atoms with Gasteiger partial charge in [-0.2, -0.15) is 0 Å². The molecule has 1 aromatic carbocycles. The van der Waals surface area contributed by atoms with Gasteiger partial charge in [0.25, 0.3) is 0 Å². The third-order valence-electron chi connectivity index (χ3n) is 6.49. The number of anilines is 1. The Hall–Kier alpha value is -1.02. The van der Waals surface area contributed by atoms with Crippen molar-refractivity contribution < 1.29 is 0 Å². The molecule has 2 aliphatic rings. The predicted octanol–water partition coefficient (Wildman–Crippen LogP) is 5.85. The molecule has 0 atom stereocenters. The van der Waals surface area contributed by atoms with E-state index in [0.717, 1.165) is 0 Å². The number of aryl methyl sites for hydroxylation is 1. The van der Waals surface area contributed by atoms with Crippen molar-refractivity contribution in [2.24, 2.45) is 10.8 Å². The zero-order chi connectivity index (χ0) is 18.9. The van der Waals surface area contributed by atoms with Crippen LogP contribution in [0.5, 0.6) is 0 Å². The summed E-state index contributed by atoms with van der Waals surface area (Å²) < 4.78 is 0. The van der Waals surface area contributed by atoms with Gasteiger partial charge in [0.15, 0.2) is 0 Å². The number of hydrogen-bond acceptors (Lipinski definition) is 2. The molecule has 146 valence electrons. The Morgan fingerprint density at radius 2 is 1.58 bits per heavy atom. The maximum atomic E-state index is 2.69. The van der Waals surface area contributed by atoms with E-state index < -0.39 is 0 Å². The SMILES string of the molecule is CCCN1CCN(c2c(C)cccc2C2CC(C)(C)CC(C)(C)C2)CC1. The van der Waals surface area contributed by atoms with Crippen LogP contribution in [0.25, 0.3) is 0 Å². The molecule has 0 bridgehead atoms. The number of hydrogen-bond donors (Lipinski definition) is 0. The summed E-state index contributed by atoms with van der Waals surface area (Å²) >= 11 is 0. The van der Waals surface area contributed by atoms with E-state index in [0.29, 0.717) is 16.7 Å². The first-order chi connectivity index (χ1) is 12.2. The zero-order valence-electron chi connectivity index (χ0n) is 18.1. The second-order valence-corrected chi connectivity index (χ2v) is 10.5. The van der Waals surface area contributed by atoms with Crippen LogP contribution in [0.15, 0.2) is 18.2 Å². The molecule has 2 fully saturated rings. The van der Waals surface area contributed by atoms with Gasteiger partial charge in [0.2, 0.25) is 0 Å². The Morgan fingerprint density at radius 3 is 2.15 bits per heavy atom. The Kier molecular flexibility index (Phi) is 5.72. The van der Waals surface area contributed by atoms with Gasteiger partial charge in [-0.05, 0) is 67.0 Å². The monoisotopic (exact) mass is 356 g/mol. The van der Waals surface area contributed by atoms with E-state index in [2.05, 4.69) is 69.5 Å². The molecule has 1 aromatic rings. The Morgan fingerprint density at radius 1 is 0.962 bits per heavy atom. The van der Waals surface area contributed by atoms with Gasteiger partial charge in [-0.25, -0.2) is 0 Å². The smallest absolute Gasteiger partial charge is 0.0432 e. The summed E-state index contributed by atoms with van der Waals surface area (Å²) in [5.74, 6) is 0.692. The molecule has 1 saturated heterocycles. The van der Waals surface area contributed by atoms with E-state index >= 15 is 0 Å². The van der Waals surface area contributed by atoms with Gasteiger partial charge in [0.05, 0.1) is 0 Å². The van der Waals surface area contributed by atoms with Crippen molar-refractivity contribution >= 4 is 5.69 Å². The summed E-state index contributed by atoms with van der Waals surface area (Å²) in [6, 6.07) is 7.04. The second kappa shape index (κ2) is 7.54. The third-order valence-corrected chi connectivity index (χ3v) is 6.49. The molecule has 3 rings (SSSR count). The largest absolute Gasteiger partial charge is 0.369 e. The van der Waals surface area contributed by atoms with Crippen LogP contribution in [-0.2, 0) is 0 Å². The average Bonchev–Trinajstić information content (AvgIpc) is 2.53. The molecular formula is C24H40N2. The van der Waals surface area contributed by atoms with Crippen molar-refractivity contribution in [3.05, 3.63) is 29.3 Å². The summed E-state index contributed by atoms with van der Waals surface area (Å²) in [7, 11) is 0. The minimum Gasteiger partial charge on any atom is -0.369 e. The lowest BCUT2D eigenvalue weighted by Crippen LogP contribution is -2.47. The highest BCUT2D eigenvalue weighted by molar-refractivity contribution is 5.61. The van der Waals surface area contributed by atoms with Gasteiger partial charge in [-0.1, -0.05) is 52.8 Å². The lowest BCUT2D eigenvalue weighted by atomic mass is 9.60. The van der Waals surface area contributed by atoms with Crippen LogP contribution >= 0.6 is 0 Å². The fraction of sp³-hybridized carbons (Fsp3) is 0.750. The summed E-state index contributed by atoms with van der Waals surface area (Å²) in [5.41, 5.74) is 5.52. The van der Waals surface area contributed by atoms with E-state index in [1.807, 2.05) is 0 Å². The van der Waals surface area contributed by atoms with Crippen LogP contribution in [-0.4, -0.2) is 37.6 Å². The minimum absolute atomic E-state index is 0.438. The standard InChI is InChI=1S/C24H40N2/c1-7-11-25-12-14-26(15-13-25)22-19(2)9-8-10-21(22)20-16-23(3,4)18-24(5,6)17-20/h8-10,20H,7,11-18H2,1-6H3. The third kappa shape index (κ3) is 4.44. The van der Waals surface area contributed by atoms with Gasteiger partial charge in [0.1, 0.15) is 0 Å². The lowest BCUT2D eigenvalue weighted by molar-refractivity contribution is 0.0969. The molecule has 2 heteroatoms. The molecule has 0 unspecified atom stereocenters. The predicted molar refractivity (Wildman–Crippen MR) is 114 cm³/mol. The first-order valence-electron chi connectivity index (χ1n) is 10.8. The normalized spacial score (nSPS) is 24.0. The molecule has 1 aliphatic carbocycles. The number of para-hydroxylation sites is 1. The molecule has 0 radical (unpaired) electrons. The highest BCUT2D eigenvalue weighted by atomic mass is 15.3.